The molecule has 1 fully saturated rings. The highest BCUT2D eigenvalue weighted by atomic mass is 16.5. The van der Waals surface area contributed by atoms with Gasteiger partial charge >= 0.3 is 5.97 Å². The number of fused-ring (bicyclic) bond motifs is 1. The number of hydrogen-bond donors (Lipinski definition) is 2. The predicted molar refractivity (Wildman–Crippen MR) is 89.7 cm³/mol. The van der Waals surface area contributed by atoms with Gasteiger partial charge in [-0.1, -0.05) is 18.2 Å². The van der Waals surface area contributed by atoms with Gasteiger partial charge in [-0.05, 0) is 45.6 Å². The van der Waals surface area contributed by atoms with Crippen molar-refractivity contribution in [3.63, 3.8) is 0 Å². The molecule has 0 spiro atoms. The monoisotopic (exact) mass is 331 g/mol. The predicted octanol–water partition coefficient (Wildman–Crippen LogP) is 3.30. The summed E-state index contributed by atoms with van der Waals surface area (Å²) in [4.78, 5) is 23.7. The fraction of sp³-hybridized carbons (Fsp3) is 0.579. The van der Waals surface area contributed by atoms with E-state index in [2.05, 4.69) is 5.32 Å². The summed E-state index contributed by atoms with van der Waals surface area (Å²) in [6.07, 6.45) is 3.20. The molecule has 1 aliphatic heterocycles. The number of ether oxygens (including phenoxy) is 1. The summed E-state index contributed by atoms with van der Waals surface area (Å²) < 4.78 is 6.00. The number of para-hydroxylation sites is 1. The molecule has 5 heteroatoms. The van der Waals surface area contributed by atoms with Crippen LogP contribution in [0.1, 0.15) is 57.6 Å². The lowest BCUT2D eigenvalue weighted by Crippen LogP contribution is -2.43. The van der Waals surface area contributed by atoms with E-state index >= 15 is 0 Å². The average molecular weight is 331 g/mol. The Labute approximate surface area is 142 Å². The number of carboxylic acid groups (broad SMARTS) is 1. The molecule has 1 amide bonds. The fourth-order valence-electron chi connectivity index (χ4n) is 3.82. The lowest BCUT2D eigenvalue weighted by Gasteiger charge is -2.38. The molecule has 0 saturated heterocycles. The third-order valence-electron chi connectivity index (χ3n) is 5.14. The standard InChI is InChI=1S/C19H25NO4/c1-19(2)11-15(14-5-3-4-6-16(14)24-19)20-17(21)12-7-9-13(10-8-12)18(22)23/h3-6,12-13,15H,7-11H2,1-2H3,(H,20,21)(H,22,23). The van der Waals surface area contributed by atoms with Gasteiger partial charge in [-0.25, -0.2) is 0 Å². The molecule has 130 valence electrons. The number of carboxylic acids is 1. The minimum atomic E-state index is -0.742. The van der Waals surface area contributed by atoms with Crippen molar-refractivity contribution in [3.05, 3.63) is 29.8 Å². The van der Waals surface area contributed by atoms with E-state index in [0.29, 0.717) is 25.7 Å². The molecule has 0 aromatic heterocycles. The Morgan fingerprint density at radius 2 is 1.75 bits per heavy atom. The zero-order valence-electron chi connectivity index (χ0n) is 14.2. The van der Waals surface area contributed by atoms with Crippen LogP contribution in [-0.4, -0.2) is 22.6 Å². The quantitative estimate of drug-likeness (QED) is 0.891. The molecule has 5 nitrogen and oxygen atoms in total. The average Bonchev–Trinajstić information content (AvgIpc) is 2.53. The summed E-state index contributed by atoms with van der Waals surface area (Å²) in [5.74, 6) is -0.255. The molecule has 1 aromatic rings. The number of benzene rings is 1. The smallest absolute Gasteiger partial charge is 0.306 e. The summed E-state index contributed by atoms with van der Waals surface area (Å²) in [5.41, 5.74) is 0.692. The van der Waals surface area contributed by atoms with Gasteiger partial charge < -0.3 is 15.2 Å². The van der Waals surface area contributed by atoms with Crippen molar-refractivity contribution in [3.8, 4) is 5.75 Å². The molecule has 1 saturated carbocycles. The van der Waals surface area contributed by atoms with Gasteiger partial charge in [0.25, 0.3) is 0 Å². The molecule has 2 N–H and O–H groups in total. The second kappa shape index (κ2) is 6.46. The van der Waals surface area contributed by atoms with Crippen LogP contribution in [0.25, 0.3) is 0 Å². The Morgan fingerprint density at radius 1 is 1.12 bits per heavy atom. The maximum absolute atomic E-state index is 12.7. The van der Waals surface area contributed by atoms with Gasteiger partial charge in [-0.2, -0.15) is 0 Å². The third kappa shape index (κ3) is 3.55. The number of rotatable bonds is 3. The van der Waals surface area contributed by atoms with Crippen molar-refractivity contribution in [1.82, 2.24) is 5.32 Å². The number of aliphatic carboxylic acids is 1. The molecular weight excluding hydrogens is 306 g/mol. The zero-order valence-corrected chi connectivity index (χ0v) is 14.2. The minimum absolute atomic E-state index is 0.0383. The van der Waals surface area contributed by atoms with Crippen molar-refractivity contribution >= 4 is 11.9 Å². The SMILES string of the molecule is CC1(C)CC(NC(=O)C2CCC(C(=O)O)CC2)c2ccccc2O1. The van der Waals surface area contributed by atoms with Gasteiger partial charge in [0.15, 0.2) is 0 Å². The van der Waals surface area contributed by atoms with Crippen LogP contribution in [0.2, 0.25) is 0 Å². The number of nitrogens with one attached hydrogen (secondary N) is 1. The first-order valence-corrected chi connectivity index (χ1v) is 8.67. The van der Waals surface area contributed by atoms with Gasteiger partial charge in [-0.3, -0.25) is 9.59 Å². The van der Waals surface area contributed by atoms with E-state index in [4.69, 9.17) is 9.84 Å². The lowest BCUT2D eigenvalue weighted by molar-refractivity contribution is -0.144. The van der Waals surface area contributed by atoms with Crippen LogP contribution in [-0.2, 0) is 9.59 Å². The summed E-state index contributed by atoms with van der Waals surface area (Å²) in [7, 11) is 0. The summed E-state index contributed by atoms with van der Waals surface area (Å²) in [6, 6.07) is 7.77. The third-order valence-corrected chi connectivity index (χ3v) is 5.14. The highest BCUT2D eigenvalue weighted by Crippen LogP contribution is 2.39. The molecule has 1 aromatic carbocycles. The van der Waals surface area contributed by atoms with Crippen LogP contribution >= 0.6 is 0 Å². The van der Waals surface area contributed by atoms with E-state index in [-0.39, 0.29) is 29.4 Å². The maximum Gasteiger partial charge on any atom is 0.306 e. The molecule has 24 heavy (non-hydrogen) atoms. The van der Waals surface area contributed by atoms with E-state index in [1.54, 1.807) is 0 Å². The van der Waals surface area contributed by atoms with E-state index in [9.17, 15) is 9.59 Å². The molecule has 3 rings (SSSR count). The largest absolute Gasteiger partial charge is 0.487 e. The van der Waals surface area contributed by atoms with Crippen LogP contribution in [0.5, 0.6) is 5.75 Å². The van der Waals surface area contributed by atoms with Crippen molar-refractivity contribution in [2.45, 2.75) is 57.6 Å². The Balaban J connectivity index is 1.67. The topological polar surface area (TPSA) is 75.6 Å². The van der Waals surface area contributed by atoms with E-state index < -0.39 is 5.97 Å². The van der Waals surface area contributed by atoms with E-state index in [1.165, 1.54) is 0 Å². The summed E-state index contributed by atoms with van der Waals surface area (Å²) >= 11 is 0. The summed E-state index contributed by atoms with van der Waals surface area (Å²) in [6.45, 7) is 4.06. The minimum Gasteiger partial charge on any atom is -0.487 e. The van der Waals surface area contributed by atoms with Crippen molar-refractivity contribution in [1.29, 1.82) is 0 Å². The van der Waals surface area contributed by atoms with Crippen LogP contribution < -0.4 is 10.1 Å². The molecule has 0 radical (unpaired) electrons. The van der Waals surface area contributed by atoms with Crippen molar-refractivity contribution in [2.24, 2.45) is 11.8 Å². The van der Waals surface area contributed by atoms with Gasteiger partial charge in [-0.15, -0.1) is 0 Å². The molecule has 1 atom stereocenters. The molecule has 1 aliphatic carbocycles. The Bertz CT molecular complexity index is 632. The Morgan fingerprint density at radius 3 is 2.42 bits per heavy atom. The van der Waals surface area contributed by atoms with Crippen LogP contribution in [0, 0.1) is 11.8 Å². The molecule has 1 heterocycles. The zero-order chi connectivity index (χ0) is 17.3. The van der Waals surface area contributed by atoms with E-state index in [1.807, 2.05) is 38.1 Å². The number of amides is 1. The van der Waals surface area contributed by atoms with Gasteiger partial charge in [0, 0.05) is 17.9 Å². The molecule has 0 bridgehead atoms. The maximum atomic E-state index is 12.7. The highest BCUT2D eigenvalue weighted by Gasteiger charge is 2.36. The first-order valence-electron chi connectivity index (χ1n) is 8.67. The molecule has 1 unspecified atom stereocenters. The number of carbonyl (C=O) groups excluding carboxylic acids is 1. The second-order valence-electron chi connectivity index (χ2n) is 7.55. The van der Waals surface area contributed by atoms with Gasteiger partial charge in [0.2, 0.25) is 5.91 Å². The second-order valence-corrected chi connectivity index (χ2v) is 7.55. The summed E-state index contributed by atoms with van der Waals surface area (Å²) in [5, 5.41) is 12.3. The highest BCUT2D eigenvalue weighted by molar-refractivity contribution is 5.80. The number of carbonyl (C=O) groups is 2. The first kappa shape index (κ1) is 16.8. The van der Waals surface area contributed by atoms with Crippen molar-refractivity contribution < 1.29 is 19.4 Å². The van der Waals surface area contributed by atoms with Gasteiger partial charge in [0.05, 0.1) is 12.0 Å². The van der Waals surface area contributed by atoms with Crippen LogP contribution in [0.15, 0.2) is 24.3 Å². The van der Waals surface area contributed by atoms with Gasteiger partial charge in [0.1, 0.15) is 11.4 Å². The lowest BCUT2D eigenvalue weighted by atomic mass is 9.81. The Hall–Kier alpha value is -2.04. The Kier molecular flexibility index (Phi) is 4.52. The van der Waals surface area contributed by atoms with Crippen LogP contribution in [0.4, 0.5) is 0 Å². The molecule has 2 aliphatic rings. The van der Waals surface area contributed by atoms with Crippen LogP contribution in [0.3, 0.4) is 0 Å². The molecular formula is C19H25NO4. The fourth-order valence-corrected chi connectivity index (χ4v) is 3.82. The van der Waals surface area contributed by atoms with Crippen molar-refractivity contribution in [2.75, 3.05) is 0 Å². The normalized spacial score (nSPS) is 28.3. The first-order chi connectivity index (χ1) is 11.4. The number of hydrogen-bond acceptors (Lipinski definition) is 3. The van der Waals surface area contributed by atoms with E-state index in [0.717, 1.165) is 17.7 Å².